The fourth-order valence-electron chi connectivity index (χ4n) is 2.63. The number of hydrogen-bond acceptors (Lipinski definition) is 5. The van der Waals surface area contributed by atoms with Crippen molar-refractivity contribution in [3.8, 4) is 0 Å². The second kappa shape index (κ2) is 7.82. The van der Waals surface area contributed by atoms with Gasteiger partial charge in [-0.1, -0.05) is 35.5 Å². The van der Waals surface area contributed by atoms with Crippen LogP contribution in [0.15, 0.2) is 59.4 Å². The van der Waals surface area contributed by atoms with Gasteiger partial charge in [0, 0.05) is 24.8 Å². The van der Waals surface area contributed by atoms with Gasteiger partial charge in [0.15, 0.2) is 5.82 Å². The minimum atomic E-state index is -0.0589. The molecule has 3 aromatic rings. The lowest BCUT2D eigenvalue weighted by Crippen LogP contribution is -2.36. The fourth-order valence-corrected chi connectivity index (χ4v) is 2.63. The van der Waals surface area contributed by atoms with Crippen molar-refractivity contribution in [1.82, 2.24) is 15.0 Å². The molecular formula is C20H22N4O2. The van der Waals surface area contributed by atoms with E-state index in [9.17, 15) is 4.79 Å². The monoisotopic (exact) mass is 350 g/mol. The second-order valence-corrected chi connectivity index (χ2v) is 6.42. The van der Waals surface area contributed by atoms with Crippen molar-refractivity contribution < 1.29 is 9.32 Å². The number of amides is 1. The van der Waals surface area contributed by atoms with E-state index >= 15 is 0 Å². The van der Waals surface area contributed by atoms with Gasteiger partial charge in [-0.25, -0.2) is 0 Å². The molecule has 0 aliphatic rings. The zero-order chi connectivity index (χ0) is 18.5. The number of benzene rings is 1. The van der Waals surface area contributed by atoms with Gasteiger partial charge in [0.25, 0.3) is 5.91 Å². The molecule has 26 heavy (non-hydrogen) atoms. The summed E-state index contributed by atoms with van der Waals surface area (Å²) < 4.78 is 5.04. The minimum Gasteiger partial charge on any atom is -0.360 e. The number of nitrogens with zero attached hydrogens (tertiary/aromatic N) is 3. The highest BCUT2D eigenvalue weighted by Crippen LogP contribution is 2.19. The lowest BCUT2D eigenvalue weighted by atomic mass is 10.1. The summed E-state index contributed by atoms with van der Waals surface area (Å²) in [6.07, 6.45) is 3.24. The highest BCUT2D eigenvalue weighted by atomic mass is 16.5. The topological polar surface area (TPSA) is 71.3 Å². The van der Waals surface area contributed by atoms with E-state index in [1.165, 1.54) is 0 Å². The van der Waals surface area contributed by atoms with Crippen molar-refractivity contribution in [3.63, 3.8) is 0 Å². The molecule has 0 radical (unpaired) electrons. The van der Waals surface area contributed by atoms with Crippen molar-refractivity contribution >= 4 is 17.4 Å². The van der Waals surface area contributed by atoms with Gasteiger partial charge in [0.05, 0.1) is 17.4 Å². The SMILES string of the molecule is Cc1cc(Nc2cncc(C(=O)N(Cc3ccccc3)C(C)C)c2)no1. The van der Waals surface area contributed by atoms with E-state index in [4.69, 9.17) is 4.52 Å². The van der Waals surface area contributed by atoms with Crippen LogP contribution in [-0.4, -0.2) is 27.0 Å². The smallest absolute Gasteiger partial charge is 0.256 e. The average Bonchev–Trinajstić information content (AvgIpc) is 3.05. The van der Waals surface area contributed by atoms with Gasteiger partial charge in [-0.3, -0.25) is 9.78 Å². The molecule has 1 amide bonds. The number of aromatic nitrogens is 2. The summed E-state index contributed by atoms with van der Waals surface area (Å²) in [5.41, 5.74) is 2.31. The Morgan fingerprint density at radius 3 is 2.62 bits per heavy atom. The van der Waals surface area contributed by atoms with Crippen LogP contribution in [0.3, 0.4) is 0 Å². The molecule has 2 heterocycles. The van der Waals surface area contributed by atoms with Crippen molar-refractivity contribution in [2.45, 2.75) is 33.4 Å². The molecular weight excluding hydrogens is 328 g/mol. The molecule has 134 valence electrons. The van der Waals surface area contributed by atoms with Crippen LogP contribution in [0.4, 0.5) is 11.5 Å². The number of carbonyl (C=O) groups is 1. The van der Waals surface area contributed by atoms with E-state index in [1.807, 2.05) is 56.0 Å². The lowest BCUT2D eigenvalue weighted by Gasteiger charge is -2.27. The molecule has 0 saturated heterocycles. The normalized spacial score (nSPS) is 10.8. The van der Waals surface area contributed by atoms with Crippen LogP contribution >= 0.6 is 0 Å². The predicted octanol–water partition coefficient (Wildman–Crippen LogP) is 4.17. The molecule has 2 aromatic heterocycles. The van der Waals surface area contributed by atoms with Crippen molar-refractivity contribution in [2.24, 2.45) is 0 Å². The van der Waals surface area contributed by atoms with E-state index in [1.54, 1.807) is 24.5 Å². The van der Waals surface area contributed by atoms with Crippen LogP contribution in [0.5, 0.6) is 0 Å². The van der Waals surface area contributed by atoms with Gasteiger partial charge < -0.3 is 14.7 Å². The molecule has 0 fully saturated rings. The van der Waals surface area contributed by atoms with Crippen LogP contribution < -0.4 is 5.32 Å². The molecule has 1 aromatic carbocycles. The first-order chi connectivity index (χ1) is 12.5. The standard InChI is InChI=1S/C20H22N4O2/c1-14(2)24(13-16-7-5-4-6-8-16)20(25)17-10-18(12-21-11-17)22-19-9-15(3)26-23-19/h4-12,14H,13H2,1-3H3,(H,22,23). The van der Waals surface area contributed by atoms with Crippen molar-refractivity contribution in [2.75, 3.05) is 5.32 Å². The van der Waals surface area contributed by atoms with E-state index in [0.29, 0.717) is 29.4 Å². The Kier molecular flexibility index (Phi) is 5.31. The van der Waals surface area contributed by atoms with E-state index in [-0.39, 0.29) is 11.9 Å². The molecule has 0 spiro atoms. The quantitative estimate of drug-likeness (QED) is 0.722. The summed E-state index contributed by atoms with van der Waals surface area (Å²) in [4.78, 5) is 19.0. The van der Waals surface area contributed by atoms with Gasteiger partial charge in [-0.05, 0) is 32.4 Å². The summed E-state index contributed by atoms with van der Waals surface area (Å²) in [6.45, 7) is 6.39. The van der Waals surface area contributed by atoms with E-state index < -0.39 is 0 Å². The third-order valence-electron chi connectivity index (χ3n) is 3.97. The van der Waals surface area contributed by atoms with Crippen LogP contribution in [0.1, 0.15) is 35.5 Å². The van der Waals surface area contributed by atoms with Crippen LogP contribution in [-0.2, 0) is 6.54 Å². The van der Waals surface area contributed by atoms with Gasteiger partial charge in [0.2, 0.25) is 0 Å². The number of rotatable bonds is 6. The van der Waals surface area contributed by atoms with Gasteiger partial charge in [-0.15, -0.1) is 0 Å². The molecule has 3 rings (SSSR count). The first kappa shape index (κ1) is 17.7. The minimum absolute atomic E-state index is 0.0589. The van der Waals surface area contributed by atoms with Crippen molar-refractivity contribution in [3.05, 3.63) is 71.7 Å². The van der Waals surface area contributed by atoms with E-state index in [0.717, 1.165) is 5.56 Å². The summed E-state index contributed by atoms with van der Waals surface area (Å²) in [5, 5.41) is 7.00. The maximum Gasteiger partial charge on any atom is 0.256 e. The molecule has 0 saturated carbocycles. The maximum absolute atomic E-state index is 13.0. The van der Waals surface area contributed by atoms with Gasteiger partial charge >= 0.3 is 0 Å². The van der Waals surface area contributed by atoms with Gasteiger partial charge in [-0.2, -0.15) is 0 Å². The fraction of sp³-hybridized carbons (Fsp3) is 0.250. The Labute approximate surface area is 152 Å². The van der Waals surface area contributed by atoms with Gasteiger partial charge in [0.1, 0.15) is 5.76 Å². The number of aryl methyl sites for hydroxylation is 1. The number of nitrogens with one attached hydrogen (secondary N) is 1. The van der Waals surface area contributed by atoms with Crippen LogP contribution in [0.25, 0.3) is 0 Å². The summed E-state index contributed by atoms with van der Waals surface area (Å²) in [5.74, 6) is 1.23. The van der Waals surface area contributed by atoms with Crippen LogP contribution in [0, 0.1) is 6.92 Å². The first-order valence-electron chi connectivity index (χ1n) is 8.53. The molecule has 0 bridgehead atoms. The maximum atomic E-state index is 13.0. The third-order valence-corrected chi connectivity index (χ3v) is 3.97. The Balaban J connectivity index is 1.79. The second-order valence-electron chi connectivity index (χ2n) is 6.42. The summed E-state index contributed by atoms with van der Waals surface area (Å²) >= 11 is 0. The third kappa shape index (κ3) is 4.27. The molecule has 0 atom stereocenters. The predicted molar refractivity (Wildman–Crippen MR) is 100 cm³/mol. The van der Waals surface area contributed by atoms with Crippen molar-refractivity contribution in [1.29, 1.82) is 0 Å². The summed E-state index contributed by atoms with van der Waals surface area (Å²) in [7, 11) is 0. The largest absolute Gasteiger partial charge is 0.360 e. The Morgan fingerprint density at radius 1 is 1.19 bits per heavy atom. The molecule has 6 heteroatoms. The molecule has 0 aliphatic carbocycles. The Bertz CT molecular complexity index is 874. The summed E-state index contributed by atoms with van der Waals surface area (Å²) in [6, 6.07) is 13.6. The average molecular weight is 350 g/mol. The van der Waals surface area contributed by atoms with Crippen LogP contribution in [0.2, 0.25) is 0 Å². The number of anilines is 2. The zero-order valence-electron chi connectivity index (χ0n) is 15.1. The lowest BCUT2D eigenvalue weighted by molar-refractivity contribution is 0.0690. The molecule has 1 N–H and O–H groups in total. The molecule has 6 nitrogen and oxygen atoms in total. The highest BCUT2D eigenvalue weighted by Gasteiger charge is 2.20. The molecule has 0 aliphatic heterocycles. The number of pyridine rings is 1. The van der Waals surface area contributed by atoms with E-state index in [2.05, 4.69) is 15.5 Å². The highest BCUT2D eigenvalue weighted by molar-refractivity contribution is 5.95. The Hall–Kier alpha value is -3.15. The molecule has 0 unspecified atom stereocenters. The Morgan fingerprint density at radius 2 is 1.96 bits per heavy atom. The number of hydrogen-bond donors (Lipinski definition) is 1. The number of carbonyl (C=O) groups excluding carboxylic acids is 1. The zero-order valence-corrected chi connectivity index (χ0v) is 15.1. The first-order valence-corrected chi connectivity index (χ1v) is 8.53.